The minimum absolute atomic E-state index is 0.129. The second-order valence-electron chi connectivity index (χ2n) is 4.54. The van der Waals surface area contributed by atoms with Gasteiger partial charge in [0, 0.05) is 16.8 Å². The average molecular weight is 407 g/mol. The number of ether oxygens (including phenoxy) is 1. The SMILES string of the molecule is O=C(NC(=O)C(Cl)(Cl)Cl)Oc1cc2sc(=O)oc2c2ccccc12. The van der Waals surface area contributed by atoms with E-state index in [1.807, 2.05) is 5.32 Å². The van der Waals surface area contributed by atoms with Gasteiger partial charge in [-0.25, -0.2) is 9.59 Å². The van der Waals surface area contributed by atoms with Crippen molar-refractivity contribution < 1.29 is 18.7 Å². The van der Waals surface area contributed by atoms with Crippen LogP contribution in [0.5, 0.6) is 5.75 Å². The highest BCUT2D eigenvalue weighted by Gasteiger charge is 2.32. The lowest BCUT2D eigenvalue weighted by molar-refractivity contribution is -0.119. The standard InChI is InChI=1S/C14H6Cl3NO5S/c15-14(16,17)11(19)18-12(20)22-8-5-9-10(23-13(21)24-9)7-4-2-1-3-6(7)8/h1-5H,(H,18,19,20). The monoisotopic (exact) mass is 405 g/mol. The number of benzene rings is 2. The number of alkyl halides is 3. The molecule has 3 aromatic rings. The summed E-state index contributed by atoms with van der Waals surface area (Å²) in [5.41, 5.74) is 0.394. The third kappa shape index (κ3) is 3.34. The van der Waals surface area contributed by atoms with Gasteiger partial charge in [-0.3, -0.25) is 10.1 Å². The van der Waals surface area contributed by atoms with Crippen LogP contribution < -0.4 is 15.0 Å². The first-order valence-electron chi connectivity index (χ1n) is 6.31. The quantitative estimate of drug-likeness (QED) is 0.618. The van der Waals surface area contributed by atoms with E-state index >= 15 is 0 Å². The molecule has 0 unspecified atom stereocenters. The first kappa shape index (κ1) is 17.0. The van der Waals surface area contributed by atoms with Crippen molar-refractivity contribution in [2.75, 3.05) is 0 Å². The van der Waals surface area contributed by atoms with Crippen LogP contribution in [0.2, 0.25) is 0 Å². The highest BCUT2D eigenvalue weighted by atomic mass is 35.6. The van der Waals surface area contributed by atoms with E-state index in [4.69, 9.17) is 44.0 Å². The molecule has 0 fully saturated rings. The normalized spacial score (nSPS) is 11.6. The van der Waals surface area contributed by atoms with Gasteiger partial charge < -0.3 is 9.15 Å². The van der Waals surface area contributed by atoms with Gasteiger partial charge in [-0.15, -0.1) is 0 Å². The molecule has 2 amide bonds. The first-order valence-corrected chi connectivity index (χ1v) is 8.26. The summed E-state index contributed by atoms with van der Waals surface area (Å²) in [6.07, 6.45) is -1.12. The van der Waals surface area contributed by atoms with Crippen LogP contribution in [-0.4, -0.2) is 15.8 Å². The van der Waals surface area contributed by atoms with Gasteiger partial charge in [-0.1, -0.05) is 70.4 Å². The lowest BCUT2D eigenvalue weighted by Gasteiger charge is -2.11. The van der Waals surface area contributed by atoms with Gasteiger partial charge in [0.1, 0.15) is 5.75 Å². The van der Waals surface area contributed by atoms with Crippen molar-refractivity contribution in [3.05, 3.63) is 40.1 Å². The molecule has 0 aliphatic heterocycles. The molecule has 1 N–H and O–H groups in total. The van der Waals surface area contributed by atoms with Crippen LogP contribution in [0.4, 0.5) is 4.79 Å². The van der Waals surface area contributed by atoms with E-state index in [-0.39, 0.29) is 5.75 Å². The minimum Gasteiger partial charge on any atom is -0.413 e. The fourth-order valence-corrected chi connectivity index (χ4v) is 2.90. The van der Waals surface area contributed by atoms with Crippen LogP contribution in [0.3, 0.4) is 0 Å². The molecule has 6 nitrogen and oxygen atoms in total. The molecule has 10 heteroatoms. The Morgan fingerprint density at radius 2 is 1.83 bits per heavy atom. The molecular formula is C14H6Cl3NO5S. The molecule has 3 rings (SSSR count). The van der Waals surface area contributed by atoms with Crippen molar-refractivity contribution in [1.29, 1.82) is 0 Å². The average Bonchev–Trinajstić information content (AvgIpc) is 2.87. The number of fused-ring (bicyclic) bond motifs is 3. The third-order valence-corrected chi connectivity index (χ3v) is 4.27. The van der Waals surface area contributed by atoms with Crippen LogP contribution in [-0.2, 0) is 4.79 Å². The minimum atomic E-state index is -2.30. The lowest BCUT2D eigenvalue weighted by Crippen LogP contribution is -2.40. The molecule has 0 radical (unpaired) electrons. The Hall–Kier alpha value is -1.80. The number of hydrogen-bond acceptors (Lipinski definition) is 6. The molecule has 0 aliphatic carbocycles. The predicted molar refractivity (Wildman–Crippen MR) is 92.3 cm³/mol. The Bertz CT molecular complexity index is 1020. The number of hydrogen-bond donors (Lipinski definition) is 1. The largest absolute Gasteiger partial charge is 0.419 e. The zero-order valence-corrected chi connectivity index (χ0v) is 14.6. The summed E-state index contributed by atoms with van der Waals surface area (Å²) in [6, 6.07) is 8.31. The third-order valence-electron chi connectivity index (χ3n) is 2.98. The lowest BCUT2D eigenvalue weighted by atomic mass is 10.1. The highest BCUT2D eigenvalue weighted by Crippen LogP contribution is 2.34. The van der Waals surface area contributed by atoms with Gasteiger partial charge in [-0.05, 0) is 0 Å². The maximum atomic E-state index is 11.8. The molecular weight excluding hydrogens is 401 g/mol. The summed E-state index contributed by atoms with van der Waals surface area (Å²) in [5, 5.41) is 2.91. The summed E-state index contributed by atoms with van der Waals surface area (Å²) in [7, 11) is 0. The molecule has 0 saturated heterocycles. The number of rotatable bonds is 1. The number of halogens is 3. The van der Waals surface area contributed by atoms with Crippen molar-refractivity contribution in [1.82, 2.24) is 5.32 Å². The Morgan fingerprint density at radius 3 is 2.50 bits per heavy atom. The van der Waals surface area contributed by atoms with Crippen molar-refractivity contribution in [3.8, 4) is 5.75 Å². The number of carbonyl (C=O) groups excluding carboxylic acids is 2. The number of imide groups is 1. The Kier molecular flexibility index (Phi) is 4.44. The van der Waals surface area contributed by atoms with Crippen LogP contribution >= 0.6 is 46.1 Å². The molecule has 2 aromatic carbocycles. The Balaban J connectivity index is 2.01. The van der Waals surface area contributed by atoms with E-state index in [9.17, 15) is 14.4 Å². The van der Waals surface area contributed by atoms with Crippen LogP contribution in [0, 0.1) is 0 Å². The van der Waals surface area contributed by atoms with Gasteiger partial charge in [0.15, 0.2) is 5.58 Å². The summed E-state index contributed by atoms with van der Waals surface area (Å²) >= 11 is 17.0. The van der Waals surface area contributed by atoms with Crippen LogP contribution in [0.1, 0.15) is 0 Å². The molecule has 24 heavy (non-hydrogen) atoms. The van der Waals surface area contributed by atoms with E-state index < -0.39 is 20.7 Å². The van der Waals surface area contributed by atoms with Gasteiger partial charge >= 0.3 is 11.0 Å². The van der Waals surface area contributed by atoms with Gasteiger partial charge in [0.25, 0.3) is 9.70 Å². The summed E-state index contributed by atoms with van der Waals surface area (Å²) < 4.78 is 8.48. The summed E-state index contributed by atoms with van der Waals surface area (Å²) in [5.74, 6) is -1.01. The summed E-state index contributed by atoms with van der Waals surface area (Å²) in [4.78, 5) is 34.3. The smallest absolute Gasteiger partial charge is 0.413 e. The molecule has 0 saturated carbocycles. The van der Waals surface area contributed by atoms with Gasteiger partial charge in [0.05, 0.1) is 4.70 Å². The fraction of sp³-hybridized carbons (Fsp3) is 0.0714. The van der Waals surface area contributed by atoms with E-state index in [1.165, 1.54) is 6.07 Å². The highest BCUT2D eigenvalue weighted by molar-refractivity contribution is 7.16. The van der Waals surface area contributed by atoms with Crippen molar-refractivity contribution >= 4 is 79.2 Å². The fourth-order valence-electron chi connectivity index (χ4n) is 2.04. The maximum Gasteiger partial charge on any atom is 0.419 e. The molecule has 0 spiro atoms. The zero-order valence-electron chi connectivity index (χ0n) is 11.5. The zero-order chi connectivity index (χ0) is 17.5. The van der Waals surface area contributed by atoms with Crippen molar-refractivity contribution in [2.24, 2.45) is 0 Å². The Labute approximate surface area is 152 Å². The van der Waals surface area contributed by atoms with Crippen molar-refractivity contribution in [3.63, 3.8) is 0 Å². The van der Waals surface area contributed by atoms with E-state index in [0.29, 0.717) is 21.1 Å². The molecule has 1 heterocycles. The second kappa shape index (κ2) is 6.25. The van der Waals surface area contributed by atoms with Gasteiger partial charge in [0.2, 0.25) is 0 Å². The predicted octanol–water partition coefficient (Wildman–Crippen LogP) is 3.99. The second-order valence-corrected chi connectivity index (χ2v) is 7.80. The van der Waals surface area contributed by atoms with E-state index in [1.54, 1.807) is 24.3 Å². The van der Waals surface area contributed by atoms with Gasteiger partial charge in [-0.2, -0.15) is 0 Å². The number of carbonyl (C=O) groups is 2. The van der Waals surface area contributed by atoms with E-state index in [2.05, 4.69) is 0 Å². The molecule has 0 atom stereocenters. The van der Waals surface area contributed by atoms with Crippen molar-refractivity contribution in [2.45, 2.75) is 3.79 Å². The summed E-state index contributed by atoms with van der Waals surface area (Å²) in [6.45, 7) is 0. The first-order chi connectivity index (χ1) is 11.3. The van der Waals surface area contributed by atoms with Crippen LogP contribution in [0.15, 0.2) is 39.5 Å². The molecule has 1 aromatic heterocycles. The Morgan fingerprint density at radius 1 is 1.17 bits per heavy atom. The maximum absolute atomic E-state index is 11.8. The molecule has 0 bridgehead atoms. The molecule has 124 valence electrons. The topological polar surface area (TPSA) is 85.6 Å². The number of amides is 2. The molecule has 0 aliphatic rings. The van der Waals surface area contributed by atoms with Crippen LogP contribution in [0.25, 0.3) is 21.1 Å². The van der Waals surface area contributed by atoms with E-state index in [0.717, 1.165) is 11.3 Å². The number of nitrogens with one attached hydrogen (secondary N) is 1.